The SMILES string of the molecule is CC1CN(c2ccccc2CN2CCC(CO)CC2)CC(C)O1. The van der Waals surface area contributed by atoms with Gasteiger partial charge in [-0.15, -0.1) is 0 Å². The Morgan fingerprint density at radius 1 is 1.09 bits per heavy atom. The predicted molar refractivity (Wildman–Crippen MR) is 93.8 cm³/mol. The van der Waals surface area contributed by atoms with Crippen LogP contribution >= 0.6 is 0 Å². The van der Waals surface area contributed by atoms with Gasteiger partial charge in [-0.1, -0.05) is 18.2 Å². The minimum absolute atomic E-state index is 0.284. The summed E-state index contributed by atoms with van der Waals surface area (Å²) in [6.07, 6.45) is 2.80. The Hall–Kier alpha value is -1.10. The van der Waals surface area contributed by atoms with Gasteiger partial charge in [0.15, 0.2) is 0 Å². The highest BCUT2D eigenvalue weighted by Crippen LogP contribution is 2.27. The highest BCUT2D eigenvalue weighted by atomic mass is 16.5. The minimum Gasteiger partial charge on any atom is -0.396 e. The molecule has 0 amide bonds. The van der Waals surface area contributed by atoms with Gasteiger partial charge in [-0.25, -0.2) is 0 Å². The zero-order valence-corrected chi connectivity index (χ0v) is 14.4. The summed E-state index contributed by atoms with van der Waals surface area (Å²) in [6.45, 7) is 9.78. The summed E-state index contributed by atoms with van der Waals surface area (Å²) in [5.74, 6) is 0.502. The quantitative estimate of drug-likeness (QED) is 0.925. The van der Waals surface area contributed by atoms with E-state index in [1.165, 1.54) is 11.3 Å². The molecule has 2 saturated heterocycles. The number of ether oxygens (including phenoxy) is 1. The first-order chi connectivity index (χ1) is 11.2. The Morgan fingerprint density at radius 3 is 2.39 bits per heavy atom. The van der Waals surface area contributed by atoms with E-state index >= 15 is 0 Å². The summed E-state index contributed by atoms with van der Waals surface area (Å²) in [5.41, 5.74) is 2.77. The molecule has 2 fully saturated rings. The molecule has 2 unspecified atom stereocenters. The Kier molecular flexibility index (Phi) is 5.57. The van der Waals surface area contributed by atoms with Gasteiger partial charge in [0.2, 0.25) is 0 Å². The second-order valence-electron chi connectivity index (χ2n) is 7.19. The maximum atomic E-state index is 9.29. The second-order valence-corrected chi connectivity index (χ2v) is 7.19. The number of piperidine rings is 1. The van der Waals surface area contributed by atoms with Crippen molar-refractivity contribution in [2.45, 2.75) is 45.4 Å². The maximum Gasteiger partial charge on any atom is 0.0726 e. The molecule has 1 aromatic carbocycles. The van der Waals surface area contributed by atoms with Crippen molar-refractivity contribution >= 4 is 5.69 Å². The molecule has 0 saturated carbocycles. The molecule has 1 aromatic rings. The van der Waals surface area contributed by atoms with E-state index in [1.807, 2.05) is 0 Å². The minimum atomic E-state index is 0.284. The van der Waals surface area contributed by atoms with Gasteiger partial charge in [-0.3, -0.25) is 4.90 Å². The lowest BCUT2D eigenvalue weighted by molar-refractivity contribution is -0.00530. The van der Waals surface area contributed by atoms with E-state index in [9.17, 15) is 5.11 Å². The van der Waals surface area contributed by atoms with Crippen LogP contribution in [-0.2, 0) is 11.3 Å². The van der Waals surface area contributed by atoms with Crippen LogP contribution < -0.4 is 4.90 Å². The fraction of sp³-hybridized carbons (Fsp3) is 0.684. The topological polar surface area (TPSA) is 35.9 Å². The van der Waals surface area contributed by atoms with Crippen molar-refractivity contribution in [3.05, 3.63) is 29.8 Å². The standard InChI is InChI=1S/C19H30N2O2/c1-15-11-21(12-16(2)23-15)19-6-4-3-5-18(19)13-20-9-7-17(14-22)8-10-20/h3-6,15-17,22H,7-14H2,1-2H3. The molecule has 2 aliphatic rings. The Balaban J connectivity index is 1.68. The molecule has 1 N–H and O–H groups in total. The number of anilines is 1. The number of rotatable bonds is 4. The van der Waals surface area contributed by atoms with Crippen LogP contribution in [0.2, 0.25) is 0 Å². The van der Waals surface area contributed by atoms with Crippen LogP contribution in [0, 0.1) is 5.92 Å². The average Bonchev–Trinajstić information content (AvgIpc) is 2.55. The van der Waals surface area contributed by atoms with Gasteiger partial charge in [-0.2, -0.15) is 0 Å². The summed E-state index contributed by atoms with van der Waals surface area (Å²) in [7, 11) is 0. The van der Waals surface area contributed by atoms with Crippen molar-refractivity contribution in [3.8, 4) is 0 Å². The molecular formula is C19H30N2O2. The monoisotopic (exact) mass is 318 g/mol. The fourth-order valence-electron chi connectivity index (χ4n) is 3.90. The van der Waals surface area contributed by atoms with Crippen LogP contribution in [0.3, 0.4) is 0 Å². The summed E-state index contributed by atoms with van der Waals surface area (Å²) in [5, 5.41) is 9.29. The molecule has 0 aromatic heterocycles. The Labute approximate surface area is 140 Å². The van der Waals surface area contributed by atoms with E-state index in [0.717, 1.165) is 45.6 Å². The van der Waals surface area contributed by atoms with Crippen molar-refractivity contribution in [2.24, 2.45) is 5.92 Å². The average molecular weight is 318 g/mol. The van der Waals surface area contributed by atoms with Gasteiger partial charge < -0.3 is 14.7 Å². The van der Waals surface area contributed by atoms with Crippen molar-refractivity contribution in [1.82, 2.24) is 4.90 Å². The zero-order chi connectivity index (χ0) is 16.2. The number of hydrogen-bond donors (Lipinski definition) is 1. The van der Waals surface area contributed by atoms with Crippen LogP contribution in [0.5, 0.6) is 0 Å². The highest BCUT2D eigenvalue weighted by Gasteiger charge is 2.25. The lowest BCUT2D eigenvalue weighted by Gasteiger charge is -2.38. The van der Waals surface area contributed by atoms with Crippen LogP contribution in [0.1, 0.15) is 32.3 Å². The third-order valence-corrected chi connectivity index (χ3v) is 5.11. The molecule has 4 heteroatoms. The molecule has 23 heavy (non-hydrogen) atoms. The molecule has 0 radical (unpaired) electrons. The molecule has 0 aliphatic carbocycles. The number of morpholine rings is 1. The molecule has 4 nitrogen and oxygen atoms in total. The van der Waals surface area contributed by atoms with Crippen LogP contribution in [-0.4, -0.2) is 55.0 Å². The molecule has 3 rings (SSSR count). The first-order valence-corrected chi connectivity index (χ1v) is 8.97. The number of likely N-dealkylation sites (tertiary alicyclic amines) is 1. The number of para-hydroxylation sites is 1. The van der Waals surface area contributed by atoms with Crippen LogP contribution in [0.4, 0.5) is 5.69 Å². The molecule has 2 atom stereocenters. The second kappa shape index (κ2) is 7.65. The molecule has 0 spiro atoms. The zero-order valence-electron chi connectivity index (χ0n) is 14.4. The van der Waals surface area contributed by atoms with Crippen LogP contribution in [0.15, 0.2) is 24.3 Å². The predicted octanol–water partition coefficient (Wildman–Crippen LogP) is 2.50. The smallest absolute Gasteiger partial charge is 0.0726 e. The molecule has 128 valence electrons. The fourth-order valence-corrected chi connectivity index (χ4v) is 3.90. The summed E-state index contributed by atoms with van der Waals surface area (Å²) >= 11 is 0. The maximum absolute atomic E-state index is 9.29. The van der Waals surface area contributed by atoms with E-state index in [4.69, 9.17) is 4.74 Å². The van der Waals surface area contributed by atoms with Crippen molar-refractivity contribution in [2.75, 3.05) is 37.7 Å². The molecular weight excluding hydrogens is 288 g/mol. The van der Waals surface area contributed by atoms with Crippen molar-refractivity contribution < 1.29 is 9.84 Å². The van der Waals surface area contributed by atoms with Gasteiger partial charge in [0.25, 0.3) is 0 Å². The highest BCUT2D eigenvalue weighted by molar-refractivity contribution is 5.54. The molecule has 0 bridgehead atoms. The summed E-state index contributed by atoms with van der Waals surface area (Å²) in [6, 6.07) is 8.80. The summed E-state index contributed by atoms with van der Waals surface area (Å²) in [4.78, 5) is 5.01. The normalized spacial score (nSPS) is 27.3. The van der Waals surface area contributed by atoms with Gasteiger partial charge >= 0.3 is 0 Å². The van der Waals surface area contributed by atoms with Gasteiger partial charge in [0, 0.05) is 31.9 Å². The van der Waals surface area contributed by atoms with Gasteiger partial charge in [-0.05, 0) is 57.3 Å². The van der Waals surface area contributed by atoms with Gasteiger partial charge in [0.05, 0.1) is 12.2 Å². The largest absolute Gasteiger partial charge is 0.396 e. The van der Waals surface area contributed by atoms with Gasteiger partial charge in [0.1, 0.15) is 0 Å². The number of benzene rings is 1. The third kappa shape index (κ3) is 4.25. The van der Waals surface area contributed by atoms with E-state index < -0.39 is 0 Å². The number of nitrogens with zero attached hydrogens (tertiary/aromatic N) is 2. The lowest BCUT2D eigenvalue weighted by atomic mass is 9.97. The number of aliphatic hydroxyl groups is 1. The number of hydrogen-bond acceptors (Lipinski definition) is 4. The Bertz CT molecular complexity index is 490. The Morgan fingerprint density at radius 2 is 1.74 bits per heavy atom. The first kappa shape index (κ1) is 16.7. The van der Waals surface area contributed by atoms with E-state index in [-0.39, 0.29) is 12.2 Å². The molecule has 2 heterocycles. The van der Waals surface area contributed by atoms with E-state index in [1.54, 1.807) is 0 Å². The lowest BCUT2D eigenvalue weighted by Crippen LogP contribution is -2.46. The van der Waals surface area contributed by atoms with E-state index in [0.29, 0.717) is 12.5 Å². The van der Waals surface area contributed by atoms with Crippen molar-refractivity contribution in [1.29, 1.82) is 0 Å². The number of aliphatic hydroxyl groups excluding tert-OH is 1. The van der Waals surface area contributed by atoms with Crippen molar-refractivity contribution in [3.63, 3.8) is 0 Å². The van der Waals surface area contributed by atoms with Crippen LogP contribution in [0.25, 0.3) is 0 Å². The summed E-state index contributed by atoms with van der Waals surface area (Å²) < 4.78 is 5.88. The molecule has 2 aliphatic heterocycles. The van der Waals surface area contributed by atoms with E-state index in [2.05, 4.69) is 47.9 Å². The third-order valence-electron chi connectivity index (χ3n) is 5.11. The first-order valence-electron chi connectivity index (χ1n) is 8.97.